The van der Waals surface area contributed by atoms with Crippen molar-refractivity contribution in [3.05, 3.63) is 64.1 Å². The first-order valence-corrected chi connectivity index (χ1v) is 12.6. The summed E-state index contributed by atoms with van der Waals surface area (Å²) in [5, 5.41) is 3.80. The van der Waals surface area contributed by atoms with Crippen LogP contribution in [0.5, 0.6) is 5.75 Å². The molecule has 9 heteroatoms. The van der Waals surface area contributed by atoms with Crippen LogP contribution in [0.4, 0.5) is 13.2 Å². The molecule has 0 fully saturated rings. The van der Waals surface area contributed by atoms with E-state index in [-0.39, 0.29) is 0 Å². The summed E-state index contributed by atoms with van der Waals surface area (Å²) in [6, 6.07) is 8.63. The van der Waals surface area contributed by atoms with E-state index in [0.29, 0.717) is 29.0 Å². The number of hydrogen-bond donors (Lipinski definition) is 1. The number of amides is 1. The number of alkyl halides is 3. The molecule has 0 bridgehead atoms. The number of rotatable bonds is 16. The van der Waals surface area contributed by atoms with Gasteiger partial charge in [-0.2, -0.15) is 18.3 Å². The fraction of sp³-hybridized carbons (Fsp3) is 0.519. The molecule has 0 aliphatic carbocycles. The van der Waals surface area contributed by atoms with Crippen LogP contribution in [-0.2, 0) is 17.5 Å². The molecule has 0 aliphatic rings. The molecule has 1 aromatic heterocycles. The molecule has 0 saturated heterocycles. The summed E-state index contributed by atoms with van der Waals surface area (Å²) in [7, 11) is 0. The first kappa shape index (κ1) is 29.1. The smallest absolute Gasteiger partial charge is 0.417 e. The van der Waals surface area contributed by atoms with Gasteiger partial charge in [0, 0.05) is 12.3 Å². The van der Waals surface area contributed by atoms with Gasteiger partial charge in [0.1, 0.15) is 12.3 Å². The van der Waals surface area contributed by atoms with Crippen molar-refractivity contribution >= 4 is 12.1 Å². The molecular formula is C27H36F3N3O3. The van der Waals surface area contributed by atoms with E-state index in [1.807, 2.05) is 12.1 Å². The lowest BCUT2D eigenvalue weighted by Crippen LogP contribution is -2.30. The largest absolute Gasteiger partial charge is 0.494 e. The number of aromatic nitrogens is 1. The van der Waals surface area contributed by atoms with E-state index in [4.69, 9.17) is 4.74 Å². The Morgan fingerprint density at radius 1 is 0.944 bits per heavy atom. The molecule has 1 aromatic carbocycles. The standard InChI is InChI=1S/C27H36F3N3O3/c1-2-3-4-5-6-7-8-9-10-11-18-36-24-15-12-22(13-16-24)19-31-32-25(34)21-33-20-23(27(28,29)30)14-17-26(33)35/h12-17,19-20H,2-11,18,21H2,1H3,(H,32,34)/b31-19-. The zero-order valence-electron chi connectivity index (χ0n) is 20.9. The zero-order chi connectivity index (χ0) is 26.2. The molecule has 0 aliphatic heterocycles. The van der Waals surface area contributed by atoms with E-state index >= 15 is 0 Å². The number of carbonyl (C=O) groups excluding carboxylic acids is 1. The first-order chi connectivity index (χ1) is 17.3. The topological polar surface area (TPSA) is 72.7 Å². The predicted molar refractivity (Wildman–Crippen MR) is 135 cm³/mol. The van der Waals surface area contributed by atoms with E-state index in [0.717, 1.165) is 24.7 Å². The second kappa shape index (κ2) is 15.8. The molecule has 0 saturated carbocycles. The maximum atomic E-state index is 12.8. The normalized spacial score (nSPS) is 11.7. The Balaban J connectivity index is 1.64. The second-order valence-corrected chi connectivity index (χ2v) is 8.77. The lowest BCUT2D eigenvalue weighted by molar-refractivity contribution is -0.138. The number of nitrogens with one attached hydrogen (secondary N) is 1. The molecule has 2 aromatic rings. The molecule has 0 atom stereocenters. The third kappa shape index (κ3) is 11.6. The minimum atomic E-state index is -4.60. The van der Waals surface area contributed by atoms with E-state index in [1.165, 1.54) is 57.6 Å². The highest BCUT2D eigenvalue weighted by atomic mass is 19.4. The monoisotopic (exact) mass is 507 g/mol. The SMILES string of the molecule is CCCCCCCCCCCCOc1ccc(/C=N\NC(=O)Cn2cc(C(F)(F)F)ccc2=O)cc1. The van der Waals surface area contributed by atoms with Crippen LogP contribution in [0.2, 0.25) is 0 Å². The van der Waals surface area contributed by atoms with Gasteiger partial charge in [-0.15, -0.1) is 0 Å². The van der Waals surface area contributed by atoms with Crippen molar-refractivity contribution in [3.63, 3.8) is 0 Å². The highest BCUT2D eigenvalue weighted by Crippen LogP contribution is 2.28. The van der Waals surface area contributed by atoms with Gasteiger partial charge in [-0.25, -0.2) is 5.43 Å². The molecule has 36 heavy (non-hydrogen) atoms. The summed E-state index contributed by atoms with van der Waals surface area (Å²) in [5.74, 6) is 0.0279. The van der Waals surface area contributed by atoms with Crippen molar-refractivity contribution in [1.29, 1.82) is 0 Å². The quantitative estimate of drug-likeness (QED) is 0.164. The summed E-state index contributed by atoms with van der Waals surface area (Å²) >= 11 is 0. The zero-order valence-corrected chi connectivity index (χ0v) is 20.9. The van der Waals surface area contributed by atoms with Crippen molar-refractivity contribution in [3.8, 4) is 5.75 Å². The Bertz CT molecular complexity index is 1000. The highest BCUT2D eigenvalue weighted by Gasteiger charge is 2.31. The maximum Gasteiger partial charge on any atom is 0.417 e. The van der Waals surface area contributed by atoms with Gasteiger partial charge in [0.05, 0.1) is 18.4 Å². The lowest BCUT2D eigenvalue weighted by atomic mass is 10.1. The van der Waals surface area contributed by atoms with Gasteiger partial charge in [-0.05, 0) is 42.3 Å². The number of nitrogens with zero attached hydrogens (tertiary/aromatic N) is 2. The minimum absolute atomic E-state index is 0.578. The minimum Gasteiger partial charge on any atom is -0.494 e. The summed E-state index contributed by atoms with van der Waals surface area (Å²) in [4.78, 5) is 23.7. The number of pyridine rings is 1. The van der Waals surface area contributed by atoms with Crippen LogP contribution >= 0.6 is 0 Å². The van der Waals surface area contributed by atoms with Crippen LogP contribution in [0, 0.1) is 0 Å². The Hall–Kier alpha value is -3.10. The van der Waals surface area contributed by atoms with Crippen molar-refractivity contribution in [1.82, 2.24) is 9.99 Å². The summed E-state index contributed by atoms with van der Waals surface area (Å²) in [5.41, 5.74) is 1.20. The van der Waals surface area contributed by atoms with E-state index in [2.05, 4.69) is 17.5 Å². The van der Waals surface area contributed by atoms with E-state index < -0.39 is 29.8 Å². The second-order valence-electron chi connectivity index (χ2n) is 8.77. The number of hydrazone groups is 1. The van der Waals surface area contributed by atoms with Crippen molar-refractivity contribution in [2.45, 2.75) is 83.9 Å². The molecule has 1 amide bonds. The summed E-state index contributed by atoms with van der Waals surface area (Å²) < 4.78 is 44.8. The average Bonchev–Trinajstić information content (AvgIpc) is 2.84. The Morgan fingerprint density at radius 2 is 1.56 bits per heavy atom. The number of unbranched alkanes of at least 4 members (excludes halogenated alkanes) is 9. The number of halogens is 3. The predicted octanol–water partition coefficient (Wildman–Crippen LogP) is 6.32. The van der Waals surface area contributed by atoms with Gasteiger partial charge in [0.15, 0.2) is 0 Å². The van der Waals surface area contributed by atoms with Crippen molar-refractivity contribution < 1.29 is 22.7 Å². The number of benzene rings is 1. The Kier molecular flexibility index (Phi) is 12.8. The molecule has 1 N–H and O–H groups in total. The maximum absolute atomic E-state index is 12.8. The van der Waals surface area contributed by atoms with Gasteiger partial charge >= 0.3 is 6.18 Å². The molecule has 198 valence electrons. The molecule has 0 spiro atoms. The van der Waals surface area contributed by atoms with Crippen LogP contribution in [0.15, 0.2) is 52.5 Å². The molecule has 0 unspecified atom stereocenters. The molecule has 0 radical (unpaired) electrons. The number of ether oxygens (including phenoxy) is 1. The van der Waals surface area contributed by atoms with Gasteiger partial charge < -0.3 is 9.30 Å². The average molecular weight is 508 g/mol. The lowest BCUT2D eigenvalue weighted by Gasteiger charge is -2.09. The van der Waals surface area contributed by atoms with Crippen LogP contribution in [-0.4, -0.2) is 23.3 Å². The van der Waals surface area contributed by atoms with Gasteiger partial charge in [0.25, 0.3) is 11.5 Å². The first-order valence-electron chi connectivity index (χ1n) is 12.6. The van der Waals surface area contributed by atoms with E-state index in [9.17, 15) is 22.8 Å². The van der Waals surface area contributed by atoms with Crippen LogP contribution in [0.25, 0.3) is 0 Å². The van der Waals surface area contributed by atoms with Crippen LogP contribution in [0.3, 0.4) is 0 Å². The summed E-state index contributed by atoms with van der Waals surface area (Å²) in [6.07, 6.45) is 10.1. The molecule has 1 heterocycles. The fourth-order valence-electron chi connectivity index (χ4n) is 3.62. The van der Waals surface area contributed by atoms with E-state index in [1.54, 1.807) is 12.1 Å². The third-order valence-corrected chi connectivity index (χ3v) is 5.67. The van der Waals surface area contributed by atoms with Gasteiger partial charge in [0.2, 0.25) is 0 Å². The van der Waals surface area contributed by atoms with Crippen LogP contribution in [0.1, 0.15) is 82.3 Å². The van der Waals surface area contributed by atoms with Crippen molar-refractivity contribution in [2.24, 2.45) is 5.10 Å². The van der Waals surface area contributed by atoms with Crippen molar-refractivity contribution in [2.75, 3.05) is 6.61 Å². The third-order valence-electron chi connectivity index (χ3n) is 5.67. The summed E-state index contributed by atoms with van der Waals surface area (Å²) in [6.45, 7) is 2.32. The van der Waals surface area contributed by atoms with Gasteiger partial charge in [-0.1, -0.05) is 64.7 Å². The Labute approximate surface area is 210 Å². The number of carbonyl (C=O) groups is 1. The molecule has 6 nitrogen and oxygen atoms in total. The van der Waals surface area contributed by atoms with Crippen LogP contribution < -0.4 is 15.7 Å². The van der Waals surface area contributed by atoms with Gasteiger partial charge in [-0.3, -0.25) is 9.59 Å². The fourth-order valence-corrected chi connectivity index (χ4v) is 3.62. The number of hydrogen-bond acceptors (Lipinski definition) is 4. The molecular weight excluding hydrogens is 471 g/mol. The highest BCUT2D eigenvalue weighted by molar-refractivity contribution is 5.82. The molecule has 2 rings (SSSR count). The Morgan fingerprint density at radius 3 is 2.17 bits per heavy atom.